The lowest BCUT2D eigenvalue weighted by Gasteiger charge is -2.23. The van der Waals surface area contributed by atoms with Gasteiger partial charge in [-0.1, -0.05) is 31.1 Å². The van der Waals surface area contributed by atoms with Gasteiger partial charge in [-0.15, -0.1) is 0 Å². The number of nitrogens with zero attached hydrogens (tertiary/aromatic N) is 1. The van der Waals surface area contributed by atoms with E-state index in [2.05, 4.69) is 10.5 Å². The summed E-state index contributed by atoms with van der Waals surface area (Å²) in [4.78, 5) is 0. The fraction of sp³-hybridized carbons (Fsp3) is 0.462. The van der Waals surface area contributed by atoms with Crippen LogP contribution in [0.1, 0.15) is 25.8 Å². The molecule has 0 spiro atoms. The second-order valence-corrected chi connectivity index (χ2v) is 4.98. The first kappa shape index (κ1) is 14.3. The highest BCUT2D eigenvalue weighted by atomic mass is 19.1. The maximum absolute atomic E-state index is 13.5. The van der Waals surface area contributed by atoms with Crippen molar-refractivity contribution in [2.24, 2.45) is 16.3 Å². The van der Waals surface area contributed by atoms with Crippen LogP contribution in [0.4, 0.5) is 10.1 Å². The van der Waals surface area contributed by atoms with Crippen LogP contribution in [0.2, 0.25) is 0 Å². The number of nitrogens with two attached hydrogens (primary N) is 1. The zero-order valence-corrected chi connectivity index (χ0v) is 11.0. The Morgan fingerprint density at radius 2 is 2.17 bits per heavy atom. The van der Waals surface area contributed by atoms with Crippen molar-refractivity contribution in [3.8, 4) is 0 Å². The van der Waals surface area contributed by atoms with Gasteiger partial charge in [0.05, 0.1) is 5.69 Å². The lowest BCUT2D eigenvalue weighted by molar-refractivity contribution is 0.306. The van der Waals surface area contributed by atoms with E-state index in [1.165, 1.54) is 6.07 Å². The molecule has 1 aromatic rings. The van der Waals surface area contributed by atoms with Gasteiger partial charge >= 0.3 is 0 Å². The van der Waals surface area contributed by atoms with Crippen LogP contribution < -0.4 is 11.1 Å². The molecule has 0 saturated heterocycles. The van der Waals surface area contributed by atoms with Crippen molar-refractivity contribution in [3.05, 3.63) is 29.6 Å². The fourth-order valence-electron chi connectivity index (χ4n) is 1.62. The van der Waals surface area contributed by atoms with Crippen molar-refractivity contribution >= 4 is 11.5 Å². The van der Waals surface area contributed by atoms with Crippen molar-refractivity contribution in [2.75, 3.05) is 11.9 Å². The molecule has 0 radical (unpaired) electrons. The average Bonchev–Trinajstić information content (AvgIpc) is 2.31. The number of hydrogen-bond acceptors (Lipinski definition) is 3. The summed E-state index contributed by atoms with van der Waals surface area (Å²) in [5.74, 6) is -0.0915. The Bertz CT molecular complexity index is 424. The zero-order valence-electron chi connectivity index (χ0n) is 11.0. The quantitative estimate of drug-likeness (QED) is 0.327. The molecule has 0 fully saturated rings. The van der Waals surface area contributed by atoms with Gasteiger partial charge in [-0.2, -0.15) is 0 Å². The largest absolute Gasteiger partial charge is 0.409 e. The molecule has 0 bridgehead atoms. The lowest BCUT2D eigenvalue weighted by Crippen LogP contribution is -2.33. The van der Waals surface area contributed by atoms with E-state index in [-0.39, 0.29) is 11.7 Å². The van der Waals surface area contributed by atoms with Crippen molar-refractivity contribution in [1.82, 2.24) is 0 Å². The highest BCUT2D eigenvalue weighted by Gasteiger charge is 2.23. The van der Waals surface area contributed by atoms with Crippen LogP contribution in [-0.2, 0) is 0 Å². The van der Waals surface area contributed by atoms with Gasteiger partial charge in [-0.3, -0.25) is 0 Å². The van der Waals surface area contributed by atoms with E-state index < -0.39 is 5.41 Å². The Hall–Kier alpha value is -1.78. The minimum absolute atomic E-state index is 0.176. The summed E-state index contributed by atoms with van der Waals surface area (Å²) in [5.41, 5.74) is 6.52. The third-order valence-electron chi connectivity index (χ3n) is 3.07. The van der Waals surface area contributed by atoms with Gasteiger partial charge in [-0.05, 0) is 25.0 Å². The van der Waals surface area contributed by atoms with Crippen LogP contribution in [0.5, 0.6) is 0 Å². The van der Waals surface area contributed by atoms with Crippen LogP contribution >= 0.6 is 0 Å². The van der Waals surface area contributed by atoms with Gasteiger partial charge < -0.3 is 16.3 Å². The Morgan fingerprint density at radius 1 is 1.50 bits per heavy atom. The average molecular weight is 253 g/mol. The van der Waals surface area contributed by atoms with E-state index in [0.29, 0.717) is 18.7 Å². The molecule has 18 heavy (non-hydrogen) atoms. The Kier molecular flexibility index (Phi) is 4.53. The molecule has 1 rings (SSSR count). The van der Waals surface area contributed by atoms with Crippen LogP contribution in [0.15, 0.2) is 23.4 Å². The fourth-order valence-corrected chi connectivity index (χ4v) is 1.62. The second-order valence-electron chi connectivity index (χ2n) is 4.98. The number of benzene rings is 1. The van der Waals surface area contributed by atoms with Crippen molar-refractivity contribution in [2.45, 2.75) is 27.2 Å². The van der Waals surface area contributed by atoms with Gasteiger partial charge in [0.15, 0.2) is 0 Å². The molecule has 0 aromatic heterocycles. The summed E-state index contributed by atoms with van der Waals surface area (Å²) in [6.45, 7) is 6.14. The van der Waals surface area contributed by atoms with Crippen LogP contribution in [-0.4, -0.2) is 17.6 Å². The molecular weight excluding hydrogens is 233 g/mol. The topological polar surface area (TPSA) is 70.6 Å². The van der Waals surface area contributed by atoms with E-state index in [4.69, 9.17) is 10.9 Å². The first-order valence-corrected chi connectivity index (χ1v) is 5.85. The molecular formula is C13H20FN3O. The maximum atomic E-state index is 13.5. The molecule has 4 nitrogen and oxygen atoms in total. The van der Waals surface area contributed by atoms with E-state index in [1.807, 2.05) is 26.8 Å². The number of anilines is 1. The van der Waals surface area contributed by atoms with Crippen LogP contribution in [0.3, 0.4) is 0 Å². The molecule has 5 heteroatoms. The summed E-state index contributed by atoms with van der Waals surface area (Å²) >= 11 is 0. The SMILES string of the molecule is Cc1cccc(F)c1NCCC(C)(C)/C(N)=N/O. The summed E-state index contributed by atoms with van der Waals surface area (Å²) in [5, 5.41) is 14.7. The standard InChI is InChI=1S/C13H20FN3O/c1-9-5-4-6-10(14)11(9)16-8-7-13(2,3)12(15)17-18/h4-6,16,18H,7-8H2,1-3H3,(H2,15,17). The first-order chi connectivity index (χ1) is 8.38. The summed E-state index contributed by atoms with van der Waals surface area (Å²) in [7, 11) is 0. The normalized spacial score (nSPS) is 12.6. The molecule has 0 amide bonds. The van der Waals surface area contributed by atoms with Gasteiger partial charge in [0, 0.05) is 12.0 Å². The number of amidine groups is 1. The van der Waals surface area contributed by atoms with E-state index in [9.17, 15) is 4.39 Å². The third kappa shape index (κ3) is 3.35. The van der Waals surface area contributed by atoms with Gasteiger partial charge in [-0.25, -0.2) is 4.39 Å². The highest BCUT2D eigenvalue weighted by Crippen LogP contribution is 2.23. The van der Waals surface area contributed by atoms with Gasteiger partial charge in [0.1, 0.15) is 11.7 Å². The molecule has 0 aliphatic rings. The van der Waals surface area contributed by atoms with E-state index >= 15 is 0 Å². The number of halogens is 1. The van der Waals surface area contributed by atoms with Crippen LogP contribution in [0.25, 0.3) is 0 Å². The van der Waals surface area contributed by atoms with Crippen molar-refractivity contribution in [1.29, 1.82) is 0 Å². The summed E-state index contributed by atoms with van der Waals surface area (Å²) in [6, 6.07) is 4.94. The molecule has 4 N–H and O–H groups in total. The van der Waals surface area contributed by atoms with Gasteiger partial charge in [0.25, 0.3) is 0 Å². The molecule has 0 aliphatic heterocycles. The van der Waals surface area contributed by atoms with E-state index in [1.54, 1.807) is 6.07 Å². The Balaban J connectivity index is 2.62. The molecule has 0 aliphatic carbocycles. The molecule has 100 valence electrons. The molecule has 0 atom stereocenters. The predicted molar refractivity (Wildman–Crippen MR) is 71.4 cm³/mol. The summed E-state index contributed by atoms with van der Waals surface area (Å²) < 4.78 is 13.5. The molecule has 0 saturated carbocycles. The van der Waals surface area contributed by atoms with Gasteiger partial charge in [0.2, 0.25) is 0 Å². The van der Waals surface area contributed by atoms with Crippen molar-refractivity contribution < 1.29 is 9.60 Å². The highest BCUT2D eigenvalue weighted by molar-refractivity contribution is 5.85. The number of hydrogen-bond donors (Lipinski definition) is 3. The number of nitrogens with one attached hydrogen (secondary N) is 1. The lowest BCUT2D eigenvalue weighted by atomic mass is 9.88. The summed E-state index contributed by atoms with van der Waals surface area (Å²) in [6.07, 6.45) is 0.636. The zero-order chi connectivity index (χ0) is 13.8. The minimum atomic E-state index is -0.430. The Morgan fingerprint density at radius 3 is 2.72 bits per heavy atom. The van der Waals surface area contributed by atoms with Crippen LogP contribution in [0, 0.1) is 18.2 Å². The number of para-hydroxylation sites is 1. The number of aryl methyl sites for hydroxylation is 1. The maximum Gasteiger partial charge on any atom is 0.146 e. The number of rotatable bonds is 5. The molecule has 1 aromatic carbocycles. The first-order valence-electron chi connectivity index (χ1n) is 5.85. The monoisotopic (exact) mass is 253 g/mol. The molecule has 0 heterocycles. The predicted octanol–water partition coefficient (Wildman–Crippen LogP) is 2.71. The smallest absolute Gasteiger partial charge is 0.146 e. The Labute approximate surface area is 107 Å². The van der Waals surface area contributed by atoms with E-state index in [0.717, 1.165) is 5.56 Å². The third-order valence-corrected chi connectivity index (χ3v) is 3.07. The minimum Gasteiger partial charge on any atom is -0.409 e. The number of oxime groups is 1. The molecule has 0 unspecified atom stereocenters. The second kappa shape index (κ2) is 5.71. The van der Waals surface area contributed by atoms with Crippen molar-refractivity contribution in [3.63, 3.8) is 0 Å².